The molecule has 0 radical (unpaired) electrons. The number of β-amino-alcohol motifs (C(OH)–C–C–N with tert-alkyl or cyclic N) is 1. The van der Waals surface area contributed by atoms with Gasteiger partial charge in [-0.25, -0.2) is 0 Å². The van der Waals surface area contributed by atoms with E-state index in [1.807, 2.05) is 0 Å². The van der Waals surface area contributed by atoms with Crippen LogP contribution in [0.1, 0.15) is 19.3 Å². The van der Waals surface area contributed by atoms with Crippen LogP contribution in [0.4, 0.5) is 0 Å². The highest BCUT2D eigenvalue weighted by atomic mass is 32.2. The molecule has 0 amide bonds. The van der Waals surface area contributed by atoms with Gasteiger partial charge in [0.2, 0.25) is 0 Å². The summed E-state index contributed by atoms with van der Waals surface area (Å²) in [6, 6.07) is 0. The Morgan fingerprint density at radius 1 is 1.00 bits per heavy atom. The number of hydrogen-bond donors (Lipinski definition) is 1. The highest BCUT2D eigenvalue weighted by Crippen LogP contribution is 2.27. The van der Waals surface area contributed by atoms with E-state index in [0.29, 0.717) is 45.8 Å². The van der Waals surface area contributed by atoms with Crippen molar-refractivity contribution in [2.75, 3.05) is 59.0 Å². The Hall–Kier alpha value is -0.250. The Labute approximate surface area is 126 Å². The monoisotopic (exact) mass is 319 g/mol. The first-order chi connectivity index (χ1) is 10.00. The van der Waals surface area contributed by atoms with Crippen LogP contribution >= 0.6 is 0 Å². The number of ether oxygens (including phenoxy) is 1. The number of aliphatic hydroxyl groups is 1. The molecule has 3 heterocycles. The zero-order valence-corrected chi connectivity index (χ0v) is 13.2. The minimum atomic E-state index is -3.39. The Balaban J connectivity index is 1.61. The van der Waals surface area contributed by atoms with Crippen LogP contribution in [0.5, 0.6) is 0 Å². The summed E-state index contributed by atoms with van der Waals surface area (Å²) in [6.07, 6.45) is 2.38. The molecule has 21 heavy (non-hydrogen) atoms. The van der Waals surface area contributed by atoms with Crippen LogP contribution in [-0.4, -0.2) is 91.7 Å². The molecule has 122 valence electrons. The Morgan fingerprint density at radius 3 is 2.33 bits per heavy atom. The second-order valence-electron chi connectivity index (χ2n) is 6.31. The minimum Gasteiger partial charge on any atom is -0.387 e. The molecule has 0 aliphatic carbocycles. The van der Waals surface area contributed by atoms with Gasteiger partial charge in [0.25, 0.3) is 10.2 Å². The van der Waals surface area contributed by atoms with E-state index in [2.05, 4.69) is 4.90 Å². The topological polar surface area (TPSA) is 73.3 Å². The fraction of sp³-hybridized carbons (Fsp3) is 1.00. The number of nitrogens with zero attached hydrogens (tertiary/aromatic N) is 3. The molecule has 0 saturated carbocycles. The zero-order valence-electron chi connectivity index (χ0n) is 12.4. The number of hydrogen-bond acceptors (Lipinski definition) is 5. The van der Waals surface area contributed by atoms with Gasteiger partial charge >= 0.3 is 0 Å². The largest absolute Gasteiger partial charge is 0.387 e. The summed E-state index contributed by atoms with van der Waals surface area (Å²) in [6.45, 7) is 5.37. The van der Waals surface area contributed by atoms with Gasteiger partial charge < -0.3 is 9.84 Å². The molecule has 1 N–H and O–H groups in total. The maximum Gasteiger partial charge on any atom is 0.282 e. The highest BCUT2D eigenvalue weighted by Gasteiger charge is 2.44. The van der Waals surface area contributed by atoms with Crippen molar-refractivity contribution < 1.29 is 18.3 Å². The van der Waals surface area contributed by atoms with E-state index >= 15 is 0 Å². The second kappa shape index (κ2) is 6.10. The smallest absolute Gasteiger partial charge is 0.282 e. The van der Waals surface area contributed by atoms with Gasteiger partial charge in [-0.2, -0.15) is 17.0 Å². The van der Waals surface area contributed by atoms with Gasteiger partial charge in [0.1, 0.15) is 0 Å². The normalized spacial score (nSPS) is 33.8. The predicted molar refractivity (Wildman–Crippen MR) is 78.1 cm³/mol. The van der Waals surface area contributed by atoms with E-state index in [4.69, 9.17) is 4.74 Å². The van der Waals surface area contributed by atoms with E-state index < -0.39 is 15.8 Å². The van der Waals surface area contributed by atoms with Gasteiger partial charge in [-0.3, -0.25) is 4.90 Å². The molecule has 0 aromatic heterocycles. The lowest BCUT2D eigenvalue weighted by atomic mass is 10.0. The van der Waals surface area contributed by atoms with Crippen molar-refractivity contribution in [3.8, 4) is 0 Å². The Bertz CT molecular complexity index is 460. The number of rotatable bonds is 4. The van der Waals surface area contributed by atoms with Crippen molar-refractivity contribution in [2.24, 2.45) is 0 Å². The van der Waals surface area contributed by atoms with E-state index in [0.717, 1.165) is 25.9 Å². The van der Waals surface area contributed by atoms with Crippen molar-refractivity contribution >= 4 is 10.2 Å². The highest BCUT2D eigenvalue weighted by molar-refractivity contribution is 7.86. The second-order valence-corrected chi connectivity index (χ2v) is 8.24. The zero-order chi connectivity index (χ0) is 14.9. The average Bonchev–Trinajstić information content (AvgIpc) is 3.10. The van der Waals surface area contributed by atoms with Crippen LogP contribution in [0.25, 0.3) is 0 Å². The summed E-state index contributed by atoms with van der Waals surface area (Å²) in [5.41, 5.74) is -0.926. The van der Waals surface area contributed by atoms with Crippen LogP contribution in [0, 0.1) is 0 Å². The van der Waals surface area contributed by atoms with Gasteiger partial charge in [0.05, 0.1) is 18.8 Å². The molecule has 0 spiro atoms. The van der Waals surface area contributed by atoms with Crippen molar-refractivity contribution in [3.05, 3.63) is 0 Å². The summed E-state index contributed by atoms with van der Waals surface area (Å²) in [5, 5.41) is 10.7. The molecule has 3 fully saturated rings. The van der Waals surface area contributed by atoms with Gasteiger partial charge in [-0.1, -0.05) is 0 Å². The van der Waals surface area contributed by atoms with Gasteiger partial charge in [0.15, 0.2) is 0 Å². The molecule has 1 atom stereocenters. The van der Waals surface area contributed by atoms with Crippen LogP contribution in [-0.2, 0) is 14.9 Å². The molecule has 3 aliphatic rings. The van der Waals surface area contributed by atoms with Gasteiger partial charge in [-0.05, 0) is 19.3 Å². The van der Waals surface area contributed by atoms with Crippen LogP contribution in [0.15, 0.2) is 0 Å². The minimum absolute atomic E-state index is 0.211. The van der Waals surface area contributed by atoms with Crippen molar-refractivity contribution in [2.45, 2.75) is 24.9 Å². The third kappa shape index (κ3) is 3.40. The molecule has 3 saturated heterocycles. The summed E-state index contributed by atoms with van der Waals surface area (Å²) in [7, 11) is -3.39. The first-order valence-corrected chi connectivity index (χ1v) is 9.17. The molecule has 0 bridgehead atoms. The Morgan fingerprint density at radius 2 is 1.67 bits per heavy atom. The van der Waals surface area contributed by atoms with Crippen LogP contribution in [0.2, 0.25) is 0 Å². The summed E-state index contributed by atoms with van der Waals surface area (Å²) in [5.74, 6) is 0. The quantitative estimate of drug-likeness (QED) is 0.727. The molecule has 8 heteroatoms. The first-order valence-electron chi connectivity index (χ1n) is 7.77. The lowest BCUT2D eigenvalue weighted by Crippen LogP contribution is -2.50. The molecular weight excluding hydrogens is 294 g/mol. The van der Waals surface area contributed by atoms with E-state index in [1.54, 1.807) is 4.31 Å². The average molecular weight is 319 g/mol. The first kappa shape index (κ1) is 15.6. The molecule has 3 aliphatic heterocycles. The third-order valence-corrected chi connectivity index (χ3v) is 6.62. The SMILES string of the molecule is O=S(=O)(N1CCCC1)N1CC[C@@](O)(CN2CCOCC2)C1. The summed E-state index contributed by atoms with van der Waals surface area (Å²) in [4.78, 5) is 2.16. The summed E-state index contributed by atoms with van der Waals surface area (Å²) < 4.78 is 33.4. The van der Waals surface area contributed by atoms with Crippen molar-refractivity contribution in [1.82, 2.24) is 13.5 Å². The fourth-order valence-electron chi connectivity index (χ4n) is 3.40. The Kier molecular flexibility index (Phi) is 4.54. The predicted octanol–water partition coefficient (Wildman–Crippen LogP) is -0.904. The molecule has 7 nitrogen and oxygen atoms in total. The van der Waals surface area contributed by atoms with Crippen LogP contribution in [0.3, 0.4) is 0 Å². The lowest BCUT2D eigenvalue weighted by Gasteiger charge is -2.33. The summed E-state index contributed by atoms with van der Waals surface area (Å²) >= 11 is 0. The van der Waals surface area contributed by atoms with E-state index in [9.17, 15) is 13.5 Å². The molecule has 0 aromatic rings. The van der Waals surface area contributed by atoms with Gasteiger partial charge in [-0.15, -0.1) is 0 Å². The fourth-order valence-corrected chi connectivity index (χ4v) is 5.17. The van der Waals surface area contributed by atoms with E-state index in [-0.39, 0.29) is 6.54 Å². The molecule has 0 aromatic carbocycles. The standard InChI is InChI=1S/C13H25N3O4S/c17-13(11-14-7-9-20-10-8-14)3-6-16(12-13)21(18,19)15-4-1-2-5-15/h17H,1-12H2/t13-/m1/s1. The molecule has 3 rings (SSSR count). The van der Waals surface area contributed by atoms with Crippen molar-refractivity contribution in [1.29, 1.82) is 0 Å². The maximum absolute atomic E-state index is 12.5. The third-order valence-electron chi connectivity index (χ3n) is 4.64. The van der Waals surface area contributed by atoms with Crippen LogP contribution < -0.4 is 0 Å². The van der Waals surface area contributed by atoms with Gasteiger partial charge in [0, 0.05) is 45.8 Å². The lowest BCUT2D eigenvalue weighted by molar-refractivity contribution is -0.0240. The molecule has 0 unspecified atom stereocenters. The number of morpholine rings is 1. The van der Waals surface area contributed by atoms with Crippen molar-refractivity contribution in [3.63, 3.8) is 0 Å². The van der Waals surface area contributed by atoms with E-state index in [1.165, 1.54) is 4.31 Å². The maximum atomic E-state index is 12.5. The molecular formula is C13H25N3O4S.